The number of aryl methyl sites for hydroxylation is 1. The molecule has 50 heavy (non-hydrogen) atoms. The third kappa shape index (κ3) is 7.46. The van der Waals surface area contributed by atoms with Crippen LogP contribution in [0.25, 0.3) is 0 Å². The van der Waals surface area contributed by atoms with Gasteiger partial charge in [-0.25, -0.2) is 18.4 Å². The number of carbonyl (C=O) groups excluding carboxylic acids is 1. The number of rotatable bonds is 10. The molecule has 1 aromatic heterocycles. The van der Waals surface area contributed by atoms with Crippen LogP contribution in [0.5, 0.6) is 5.75 Å². The predicted molar refractivity (Wildman–Crippen MR) is 185 cm³/mol. The molecule has 3 heterocycles. The fourth-order valence-corrected chi connectivity index (χ4v) is 7.56. The van der Waals surface area contributed by atoms with E-state index in [1.807, 2.05) is 37.3 Å². The van der Waals surface area contributed by atoms with Crippen molar-refractivity contribution in [1.82, 2.24) is 20.1 Å². The fraction of sp³-hybridized carbons (Fsp3) is 0.447. The maximum absolute atomic E-state index is 15.0. The number of piperazine rings is 1. The molecule has 2 N–H and O–H groups in total. The quantitative estimate of drug-likeness (QED) is 0.234. The SMILES string of the molecule is Cc1cc(N2CCN(c3ccc(C(=O)N[C@H]4CCCC[C@H]4O)cc3)CC2)ccc1OC[C@@H]1CO[C@@](Cn2cncn2)(c2ccc(F)cc2F)C1. The molecule has 0 radical (unpaired) electrons. The van der Waals surface area contributed by atoms with Gasteiger partial charge in [-0.15, -0.1) is 0 Å². The summed E-state index contributed by atoms with van der Waals surface area (Å²) in [5.74, 6) is -0.637. The second-order valence-electron chi connectivity index (χ2n) is 13.8. The molecule has 1 amide bonds. The molecule has 7 rings (SSSR count). The number of anilines is 2. The minimum Gasteiger partial charge on any atom is -0.493 e. The molecule has 0 spiro atoms. The van der Waals surface area contributed by atoms with Crippen molar-refractivity contribution in [3.8, 4) is 5.75 Å². The summed E-state index contributed by atoms with van der Waals surface area (Å²) < 4.78 is 42.9. The minimum atomic E-state index is -1.02. The summed E-state index contributed by atoms with van der Waals surface area (Å²) >= 11 is 0. The van der Waals surface area contributed by atoms with Gasteiger partial charge in [0.25, 0.3) is 5.91 Å². The van der Waals surface area contributed by atoms with E-state index in [0.717, 1.165) is 80.6 Å². The second-order valence-corrected chi connectivity index (χ2v) is 13.8. The fourth-order valence-electron chi connectivity index (χ4n) is 7.56. The van der Waals surface area contributed by atoms with Crippen LogP contribution >= 0.6 is 0 Å². The van der Waals surface area contributed by atoms with Crippen molar-refractivity contribution in [2.75, 3.05) is 49.2 Å². The highest BCUT2D eigenvalue weighted by Gasteiger charge is 2.44. The van der Waals surface area contributed by atoms with E-state index in [0.29, 0.717) is 30.8 Å². The van der Waals surface area contributed by atoms with Crippen LogP contribution in [-0.4, -0.2) is 77.3 Å². The number of benzene rings is 3. The lowest BCUT2D eigenvalue weighted by Crippen LogP contribution is -2.46. The lowest BCUT2D eigenvalue weighted by atomic mass is 9.87. The monoisotopic (exact) mass is 686 g/mol. The zero-order chi connectivity index (χ0) is 34.7. The summed E-state index contributed by atoms with van der Waals surface area (Å²) in [6, 6.07) is 17.4. The van der Waals surface area contributed by atoms with E-state index in [1.54, 1.807) is 11.0 Å². The van der Waals surface area contributed by atoms with E-state index in [2.05, 4.69) is 37.3 Å². The summed E-state index contributed by atoms with van der Waals surface area (Å²) in [4.78, 5) is 21.5. The number of nitrogens with zero attached hydrogens (tertiary/aromatic N) is 5. The molecule has 0 unspecified atom stereocenters. The lowest BCUT2D eigenvalue weighted by molar-refractivity contribution is -0.0206. The van der Waals surface area contributed by atoms with Crippen LogP contribution in [0.15, 0.2) is 73.3 Å². The van der Waals surface area contributed by atoms with E-state index < -0.39 is 23.3 Å². The first-order chi connectivity index (χ1) is 24.3. The van der Waals surface area contributed by atoms with Gasteiger partial charge in [-0.3, -0.25) is 4.79 Å². The average Bonchev–Trinajstić information content (AvgIpc) is 3.79. The first-order valence-electron chi connectivity index (χ1n) is 17.5. The summed E-state index contributed by atoms with van der Waals surface area (Å²) in [6.45, 7) is 6.46. The summed E-state index contributed by atoms with van der Waals surface area (Å²) in [6.07, 6.45) is 6.59. The van der Waals surface area contributed by atoms with Gasteiger partial charge in [0.1, 0.15) is 35.6 Å². The average molecular weight is 687 g/mol. The molecule has 0 bridgehead atoms. The Morgan fingerprint density at radius 3 is 2.44 bits per heavy atom. The number of halogens is 2. The van der Waals surface area contributed by atoms with Crippen molar-refractivity contribution in [3.05, 3.63) is 102 Å². The van der Waals surface area contributed by atoms with Gasteiger partial charge in [0.15, 0.2) is 0 Å². The van der Waals surface area contributed by atoms with Gasteiger partial charge in [0.05, 0.1) is 31.9 Å². The van der Waals surface area contributed by atoms with Crippen molar-refractivity contribution in [3.63, 3.8) is 0 Å². The number of hydrogen-bond acceptors (Lipinski definition) is 8. The number of nitrogens with one attached hydrogen (secondary N) is 1. The standard InChI is InChI=1S/C38H44F2N6O4/c1-26-18-31(45-16-14-44(15-17-45)30-9-6-28(7-10-30)37(48)43-34-4-2-3-5-35(34)47)11-13-36(26)49-21-27-20-38(50-22-27,23-46-25-41-24-42-46)32-12-8-29(39)19-33(32)40/h6-13,18-19,24-25,27,34-35,47H,2-5,14-17,20-23H2,1H3,(H,43,48)/t27-,34+,35-,38+/m1/s1. The molecule has 1 aliphatic carbocycles. The van der Waals surface area contributed by atoms with Gasteiger partial charge in [-0.2, -0.15) is 5.10 Å². The van der Waals surface area contributed by atoms with Gasteiger partial charge in [-0.1, -0.05) is 18.9 Å². The zero-order valence-corrected chi connectivity index (χ0v) is 28.3. The van der Waals surface area contributed by atoms with Crippen LogP contribution in [0.4, 0.5) is 20.2 Å². The Kier molecular flexibility index (Phi) is 10.0. The molecule has 3 fully saturated rings. The Morgan fingerprint density at radius 2 is 1.74 bits per heavy atom. The highest BCUT2D eigenvalue weighted by atomic mass is 19.1. The highest BCUT2D eigenvalue weighted by Crippen LogP contribution is 2.42. The van der Waals surface area contributed by atoms with Crippen LogP contribution in [0.1, 0.15) is 53.6 Å². The number of ether oxygens (including phenoxy) is 2. The Hall–Kier alpha value is -4.55. The second kappa shape index (κ2) is 14.7. The molecule has 2 saturated heterocycles. The van der Waals surface area contributed by atoms with Gasteiger partial charge < -0.3 is 29.7 Å². The van der Waals surface area contributed by atoms with Crippen LogP contribution in [0, 0.1) is 24.5 Å². The van der Waals surface area contributed by atoms with Crippen molar-refractivity contribution in [2.45, 2.75) is 63.3 Å². The molecule has 3 aromatic carbocycles. The Bertz CT molecular complexity index is 1770. The first kappa shape index (κ1) is 33.9. The van der Waals surface area contributed by atoms with Crippen molar-refractivity contribution in [1.29, 1.82) is 0 Å². The molecule has 1 saturated carbocycles. The molecular weight excluding hydrogens is 642 g/mol. The maximum atomic E-state index is 15.0. The van der Waals surface area contributed by atoms with E-state index in [9.17, 15) is 14.3 Å². The summed E-state index contributed by atoms with van der Waals surface area (Å²) in [5, 5.41) is 17.4. The van der Waals surface area contributed by atoms with Crippen LogP contribution in [0.3, 0.4) is 0 Å². The third-order valence-corrected chi connectivity index (χ3v) is 10.3. The van der Waals surface area contributed by atoms with Crippen LogP contribution in [-0.2, 0) is 16.9 Å². The molecule has 10 nitrogen and oxygen atoms in total. The van der Waals surface area contributed by atoms with E-state index in [-0.39, 0.29) is 24.4 Å². The number of aliphatic hydroxyl groups is 1. The van der Waals surface area contributed by atoms with Crippen molar-refractivity contribution >= 4 is 17.3 Å². The van der Waals surface area contributed by atoms with Crippen LogP contribution in [0.2, 0.25) is 0 Å². The van der Waals surface area contributed by atoms with Gasteiger partial charge in [0.2, 0.25) is 0 Å². The predicted octanol–water partition coefficient (Wildman–Crippen LogP) is 5.24. The smallest absolute Gasteiger partial charge is 0.251 e. The Morgan fingerprint density at radius 1 is 1.00 bits per heavy atom. The normalized spacial score (nSPS) is 24.0. The van der Waals surface area contributed by atoms with E-state index in [1.165, 1.54) is 18.5 Å². The number of aliphatic hydroxyl groups excluding tert-OH is 1. The van der Waals surface area contributed by atoms with E-state index >= 15 is 4.39 Å². The number of amides is 1. The topological polar surface area (TPSA) is 105 Å². The van der Waals surface area contributed by atoms with Gasteiger partial charge in [-0.05, 0) is 80.3 Å². The molecular formula is C38H44F2N6O4. The number of carbonyl (C=O) groups is 1. The van der Waals surface area contributed by atoms with E-state index in [4.69, 9.17) is 9.47 Å². The summed E-state index contributed by atoms with van der Waals surface area (Å²) in [7, 11) is 0. The maximum Gasteiger partial charge on any atom is 0.251 e. The zero-order valence-electron chi connectivity index (χ0n) is 28.3. The van der Waals surface area contributed by atoms with Gasteiger partial charge in [0, 0.05) is 60.7 Å². The molecule has 12 heteroatoms. The van der Waals surface area contributed by atoms with Crippen molar-refractivity contribution < 1.29 is 28.2 Å². The van der Waals surface area contributed by atoms with Crippen LogP contribution < -0.4 is 19.9 Å². The molecule has 264 valence electrons. The third-order valence-electron chi connectivity index (χ3n) is 10.3. The Balaban J connectivity index is 0.920. The molecule has 4 atom stereocenters. The van der Waals surface area contributed by atoms with Crippen molar-refractivity contribution in [2.24, 2.45) is 5.92 Å². The molecule has 3 aliphatic rings. The van der Waals surface area contributed by atoms with Gasteiger partial charge >= 0.3 is 0 Å². The minimum absolute atomic E-state index is 0.0108. The largest absolute Gasteiger partial charge is 0.493 e. The number of hydrogen-bond donors (Lipinski definition) is 2. The number of aromatic nitrogens is 3. The molecule has 2 aliphatic heterocycles. The molecule has 4 aromatic rings. The first-order valence-corrected chi connectivity index (χ1v) is 17.5. The lowest BCUT2D eigenvalue weighted by Gasteiger charge is -2.37. The highest BCUT2D eigenvalue weighted by molar-refractivity contribution is 5.94. The Labute approximate surface area is 291 Å². The summed E-state index contributed by atoms with van der Waals surface area (Å²) in [5.41, 5.74) is 3.13.